The molecule has 2 aromatic rings. The first kappa shape index (κ1) is 14.8. The van der Waals surface area contributed by atoms with E-state index in [0.717, 1.165) is 18.0 Å². The smallest absolute Gasteiger partial charge is 0.121 e. The molecule has 0 saturated carbocycles. The van der Waals surface area contributed by atoms with E-state index < -0.39 is 0 Å². The van der Waals surface area contributed by atoms with Crippen LogP contribution in [0.3, 0.4) is 0 Å². The first-order valence-electron chi connectivity index (χ1n) is 6.62. The van der Waals surface area contributed by atoms with Crippen LogP contribution in [0.4, 0.5) is 0 Å². The average molecular weight is 292 g/mol. The number of hydrogen-bond donors (Lipinski definition) is 1. The first-order valence-corrected chi connectivity index (χ1v) is 7.00. The predicted molar refractivity (Wildman–Crippen MR) is 80.0 cm³/mol. The molecule has 20 heavy (non-hydrogen) atoms. The Morgan fingerprint density at radius 3 is 2.85 bits per heavy atom. The summed E-state index contributed by atoms with van der Waals surface area (Å²) in [4.78, 5) is 8.46. The van der Waals surface area contributed by atoms with Crippen LogP contribution in [-0.2, 0) is 0 Å². The van der Waals surface area contributed by atoms with Gasteiger partial charge in [0.1, 0.15) is 11.9 Å². The average Bonchev–Trinajstić information content (AvgIpc) is 2.45. The fraction of sp³-hybridized carbons (Fsp3) is 0.333. The van der Waals surface area contributed by atoms with Gasteiger partial charge in [0, 0.05) is 17.4 Å². The molecule has 1 aromatic heterocycles. The van der Waals surface area contributed by atoms with Gasteiger partial charge in [0.05, 0.1) is 17.9 Å². The Morgan fingerprint density at radius 1 is 1.35 bits per heavy atom. The Hall–Kier alpha value is -1.65. The van der Waals surface area contributed by atoms with Crippen molar-refractivity contribution in [3.8, 4) is 5.75 Å². The molecule has 1 N–H and O–H groups in total. The van der Waals surface area contributed by atoms with Crippen LogP contribution in [0.25, 0.3) is 0 Å². The number of halogens is 1. The lowest BCUT2D eigenvalue weighted by Gasteiger charge is -2.25. The van der Waals surface area contributed by atoms with Crippen molar-refractivity contribution in [1.82, 2.24) is 15.3 Å². The van der Waals surface area contributed by atoms with Gasteiger partial charge in [-0.05, 0) is 31.7 Å². The third-order valence-electron chi connectivity index (χ3n) is 2.91. The molecule has 0 aliphatic heterocycles. The van der Waals surface area contributed by atoms with Gasteiger partial charge in [-0.25, -0.2) is 0 Å². The lowest BCUT2D eigenvalue weighted by atomic mass is 10.1. The minimum absolute atomic E-state index is 0.0207. The largest absolute Gasteiger partial charge is 0.489 e. The van der Waals surface area contributed by atoms with Gasteiger partial charge in [-0.2, -0.15) is 0 Å². The quantitative estimate of drug-likeness (QED) is 0.887. The maximum Gasteiger partial charge on any atom is 0.121 e. The number of rotatable bonds is 6. The van der Waals surface area contributed by atoms with E-state index >= 15 is 0 Å². The molecule has 0 saturated heterocycles. The van der Waals surface area contributed by atoms with Crippen LogP contribution < -0.4 is 10.1 Å². The van der Waals surface area contributed by atoms with E-state index in [1.807, 2.05) is 25.1 Å². The molecule has 2 rings (SSSR count). The highest BCUT2D eigenvalue weighted by Crippen LogP contribution is 2.22. The second-order valence-electron chi connectivity index (χ2n) is 4.45. The van der Waals surface area contributed by atoms with Crippen LogP contribution in [0.1, 0.15) is 25.6 Å². The summed E-state index contributed by atoms with van der Waals surface area (Å²) >= 11 is 5.97. The highest BCUT2D eigenvalue weighted by Gasteiger charge is 2.21. The molecule has 5 heteroatoms. The summed E-state index contributed by atoms with van der Waals surface area (Å²) in [5.41, 5.74) is 0.865. The number of nitrogens with zero attached hydrogens (tertiary/aromatic N) is 2. The van der Waals surface area contributed by atoms with Crippen molar-refractivity contribution in [2.24, 2.45) is 0 Å². The maximum atomic E-state index is 5.97. The number of ether oxygens (including phenoxy) is 1. The van der Waals surface area contributed by atoms with Gasteiger partial charge >= 0.3 is 0 Å². The number of aromatic nitrogens is 2. The van der Waals surface area contributed by atoms with Gasteiger partial charge in [-0.3, -0.25) is 9.97 Å². The van der Waals surface area contributed by atoms with E-state index in [0.29, 0.717) is 5.02 Å². The van der Waals surface area contributed by atoms with E-state index in [-0.39, 0.29) is 12.1 Å². The van der Waals surface area contributed by atoms with Crippen molar-refractivity contribution in [3.63, 3.8) is 0 Å². The summed E-state index contributed by atoms with van der Waals surface area (Å²) in [6.07, 6.45) is 5.01. The van der Waals surface area contributed by atoms with Crippen molar-refractivity contribution in [3.05, 3.63) is 53.6 Å². The molecule has 2 atom stereocenters. The van der Waals surface area contributed by atoms with Crippen LogP contribution in [-0.4, -0.2) is 22.6 Å². The lowest BCUT2D eigenvalue weighted by molar-refractivity contribution is 0.169. The fourth-order valence-corrected chi connectivity index (χ4v) is 2.21. The van der Waals surface area contributed by atoms with Gasteiger partial charge in [0.2, 0.25) is 0 Å². The van der Waals surface area contributed by atoms with Gasteiger partial charge < -0.3 is 10.1 Å². The van der Waals surface area contributed by atoms with Gasteiger partial charge in [0.25, 0.3) is 0 Å². The molecular weight excluding hydrogens is 274 g/mol. The van der Waals surface area contributed by atoms with E-state index in [2.05, 4.69) is 22.2 Å². The molecule has 0 amide bonds. The monoisotopic (exact) mass is 291 g/mol. The fourth-order valence-electron chi connectivity index (χ4n) is 2.03. The van der Waals surface area contributed by atoms with E-state index in [9.17, 15) is 0 Å². The highest BCUT2D eigenvalue weighted by atomic mass is 35.5. The van der Waals surface area contributed by atoms with E-state index in [1.165, 1.54) is 0 Å². The molecule has 1 heterocycles. The summed E-state index contributed by atoms with van der Waals surface area (Å²) in [5, 5.41) is 4.03. The minimum atomic E-state index is -0.0925. The van der Waals surface area contributed by atoms with Crippen LogP contribution in [0.15, 0.2) is 42.9 Å². The molecule has 0 radical (unpaired) electrons. The number of nitrogens with one attached hydrogen (secondary N) is 1. The topological polar surface area (TPSA) is 47.0 Å². The predicted octanol–water partition coefficient (Wildman–Crippen LogP) is 3.25. The normalized spacial score (nSPS) is 13.8. The Morgan fingerprint density at radius 2 is 2.20 bits per heavy atom. The molecule has 0 aliphatic rings. The van der Waals surface area contributed by atoms with Gasteiger partial charge in [-0.1, -0.05) is 24.6 Å². The molecule has 1 aromatic carbocycles. The Kier molecular flexibility index (Phi) is 5.32. The molecule has 0 fully saturated rings. The minimum Gasteiger partial charge on any atom is -0.489 e. The lowest BCUT2D eigenvalue weighted by Crippen LogP contribution is -2.34. The summed E-state index contributed by atoms with van der Waals surface area (Å²) in [5.74, 6) is 0.747. The molecule has 4 nitrogen and oxygen atoms in total. The van der Waals surface area contributed by atoms with Crippen LogP contribution >= 0.6 is 11.6 Å². The highest BCUT2D eigenvalue weighted by molar-refractivity contribution is 6.30. The third kappa shape index (κ3) is 3.92. The van der Waals surface area contributed by atoms with E-state index in [4.69, 9.17) is 16.3 Å². The standard InChI is InChI=1S/C15H18ClN3O/c1-3-18-15(14-10-17-7-8-19-14)11(2)20-13-6-4-5-12(16)9-13/h4-11,15,18H,3H2,1-2H3. The van der Waals surface area contributed by atoms with Crippen molar-refractivity contribution in [1.29, 1.82) is 0 Å². The van der Waals surface area contributed by atoms with Crippen LogP contribution in [0.5, 0.6) is 5.75 Å². The van der Waals surface area contributed by atoms with Crippen molar-refractivity contribution in [2.75, 3.05) is 6.54 Å². The molecule has 0 aliphatic carbocycles. The Bertz CT molecular complexity index is 536. The second-order valence-corrected chi connectivity index (χ2v) is 4.88. The third-order valence-corrected chi connectivity index (χ3v) is 3.15. The summed E-state index contributed by atoms with van der Waals surface area (Å²) in [6, 6.07) is 7.37. The van der Waals surface area contributed by atoms with Crippen molar-refractivity contribution >= 4 is 11.6 Å². The number of benzene rings is 1. The van der Waals surface area contributed by atoms with Gasteiger partial charge in [0.15, 0.2) is 0 Å². The van der Waals surface area contributed by atoms with E-state index in [1.54, 1.807) is 24.7 Å². The van der Waals surface area contributed by atoms with Crippen molar-refractivity contribution in [2.45, 2.75) is 26.0 Å². The molecular formula is C15H18ClN3O. The molecule has 0 spiro atoms. The second kappa shape index (κ2) is 7.22. The summed E-state index contributed by atoms with van der Waals surface area (Å²) < 4.78 is 5.95. The van der Waals surface area contributed by atoms with Crippen LogP contribution in [0.2, 0.25) is 5.02 Å². The molecule has 106 valence electrons. The summed E-state index contributed by atoms with van der Waals surface area (Å²) in [6.45, 7) is 4.88. The summed E-state index contributed by atoms with van der Waals surface area (Å²) in [7, 11) is 0. The molecule has 0 bridgehead atoms. The zero-order valence-electron chi connectivity index (χ0n) is 11.6. The number of hydrogen-bond acceptors (Lipinski definition) is 4. The van der Waals surface area contributed by atoms with Crippen molar-refractivity contribution < 1.29 is 4.74 Å². The Labute approximate surface area is 124 Å². The Balaban J connectivity index is 2.13. The zero-order valence-corrected chi connectivity index (χ0v) is 12.3. The first-order chi connectivity index (χ1) is 9.70. The number of likely N-dealkylation sites (N-methyl/N-ethyl adjacent to an activating group) is 1. The zero-order chi connectivity index (χ0) is 14.4. The SMILES string of the molecule is CCNC(c1cnccn1)C(C)Oc1cccc(Cl)c1. The van der Waals surface area contributed by atoms with Gasteiger partial charge in [-0.15, -0.1) is 0 Å². The maximum absolute atomic E-state index is 5.97. The molecule has 2 unspecified atom stereocenters. The van der Waals surface area contributed by atoms with Crippen LogP contribution in [0, 0.1) is 0 Å².